The van der Waals surface area contributed by atoms with Crippen molar-refractivity contribution in [2.24, 2.45) is 0 Å². The van der Waals surface area contributed by atoms with Crippen LogP contribution in [0.3, 0.4) is 0 Å². The van der Waals surface area contributed by atoms with E-state index in [0.29, 0.717) is 0 Å². The molecule has 0 aliphatic carbocycles. The van der Waals surface area contributed by atoms with E-state index in [4.69, 9.17) is 30.5 Å². The molecule has 3 rings (SSSR count). The van der Waals surface area contributed by atoms with Crippen molar-refractivity contribution in [1.82, 2.24) is 0 Å². The predicted molar refractivity (Wildman–Crippen MR) is 95.8 cm³/mol. The van der Waals surface area contributed by atoms with Crippen LogP contribution in [-0.2, 0) is 23.7 Å². The van der Waals surface area contributed by atoms with E-state index < -0.39 is 24.0 Å². The van der Waals surface area contributed by atoms with Gasteiger partial charge in [-0.25, -0.2) is 0 Å². The maximum absolute atomic E-state index is 11.7. The van der Waals surface area contributed by atoms with Gasteiger partial charge in [0.05, 0.1) is 6.10 Å². The van der Waals surface area contributed by atoms with E-state index >= 15 is 0 Å². The molecule has 0 amide bonds. The zero-order valence-corrected chi connectivity index (χ0v) is 16.3. The molecule has 0 unspecified atom stereocenters. The molecule has 2 heterocycles. The maximum Gasteiger partial charge on any atom is 0.321 e. The van der Waals surface area contributed by atoms with E-state index in [1.165, 1.54) is 5.56 Å². The fourth-order valence-electron chi connectivity index (χ4n) is 3.11. The van der Waals surface area contributed by atoms with Crippen LogP contribution in [0.25, 0.3) is 0 Å². The van der Waals surface area contributed by atoms with E-state index in [-0.39, 0.29) is 23.5 Å². The van der Waals surface area contributed by atoms with Crippen molar-refractivity contribution in [2.75, 3.05) is 5.88 Å². The summed E-state index contributed by atoms with van der Waals surface area (Å²) >= 11 is 7.16. The van der Waals surface area contributed by atoms with Crippen molar-refractivity contribution in [3.63, 3.8) is 0 Å². The highest BCUT2D eigenvalue weighted by Gasteiger charge is 2.55. The Hall–Kier alpha value is -0.790. The molecular formula is C18H23ClO5S. The lowest BCUT2D eigenvalue weighted by Crippen LogP contribution is -2.55. The summed E-state index contributed by atoms with van der Waals surface area (Å²) < 4.78 is 23.7. The number of hydrogen-bond donors (Lipinski definition) is 0. The molecule has 25 heavy (non-hydrogen) atoms. The molecule has 2 aliphatic heterocycles. The number of alkyl halides is 1. The van der Waals surface area contributed by atoms with E-state index in [1.807, 2.05) is 20.8 Å². The summed E-state index contributed by atoms with van der Waals surface area (Å²) in [6.45, 7) is 7.63. The second-order valence-electron chi connectivity index (χ2n) is 6.79. The van der Waals surface area contributed by atoms with Crippen LogP contribution in [0, 0.1) is 6.92 Å². The lowest BCUT2D eigenvalue weighted by molar-refractivity contribution is -0.189. The van der Waals surface area contributed by atoms with Crippen LogP contribution in [0.2, 0.25) is 0 Å². The third-order valence-corrected chi connectivity index (χ3v) is 5.59. The SMILES string of the molecule is Cc1ccc(S[C@@H]2O[C@@H](C)[C@H](OC(=O)CCl)[C@H]3OC(C)(C)O[C@H]32)cc1. The van der Waals surface area contributed by atoms with Gasteiger partial charge in [-0.1, -0.05) is 29.5 Å². The minimum absolute atomic E-state index is 0.202. The standard InChI is InChI=1S/C18H23ClO5S/c1-10-5-7-12(8-6-10)25-17-16-15(23-18(3,4)24-16)14(11(2)21-17)22-13(20)9-19/h5-8,11,14-17H,9H2,1-4H3/t11-,14-,15+,16+,17-/m0/s1. The highest BCUT2D eigenvalue weighted by molar-refractivity contribution is 7.99. The third kappa shape index (κ3) is 4.31. The Balaban J connectivity index is 1.80. The molecular weight excluding hydrogens is 364 g/mol. The topological polar surface area (TPSA) is 54.0 Å². The Morgan fingerprint density at radius 3 is 2.52 bits per heavy atom. The van der Waals surface area contributed by atoms with E-state index in [1.54, 1.807) is 11.8 Å². The first-order chi connectivity index (χ1) is 11.8. The Bertz CT molecular complexity index is 620. The number of esters is 1. The summed E-state index contributed by atoms with van der Waals surface area (Å²) in [6, 6.07) is 8.24. The van der Waals surface area contributed by atoms with Gasteiger partial charge in [0.1, 0.15) is 23.5 Å². The molecule has 2 fully saturated rings. The smallest absolute Gasteiger partial charge is 0.321 e. The molecule has 0 aromatic heterocycles. The van der Waals surface area contributed by atoms with Gasteiger partial charge in [-0.3, -0.25) is 4.79 Å². The molecule has 1 aromatic carbocycles. The van der Waals surface area contributed by atoms with Crippen LogP contribution < -0.4 is 0 Å². The normalized spacial score (nSPS) is 33.7. The molecule has 7 heteroatoms. The van der Waals surface area contributed by atoms with Gasteiger partial charge in [0.25, 0.3) is 0 Å². The molecule has 0 bridgehead atoms. The fraction of sp³-hybridized carbons (Fsp3) is 0.611. The van der Waals surface area contributed by atoms with Crippen LogP contribution in [0.4, 0.5) is 0 Å². The van der Waals surface area contributed by atoms with Crippen molar-refractivity contribution in [2.45, 2.75) is 68.2 Å². The number of carbonyl (C=O) groups excluding carboxylic acids is 1. The van der Waals surface area contributed by atoms with E-state index in [9.17, 15) is 4.79 Å². The lowest BCUT2D eigenvalue weighted by Gasteiger charge is -2.40. The number of carbonyl (C=O) groups is 1. The number of thioether (sulfide) groups is 1. The van der Waals surface area contributed by atoms with Crippen LogP contribution >= 0.6 is 23.4 Å². The molecule has 0 radical (unpaired) electrons. The summed E-state index contributed by atoms with van der Waals surface area (Å²) in [5.74, 6) is -1.45. The molecule has 2 saturated heterocycles. The molecule has 138 valence electrons. The Morgan fingerprint density at radius 2 is 1.88 bits per heavy atom. The molecule has 0 saturated carbocycles. The van der Waals surface area contributed by atoms with Crippen LogP contribution in [0.5, 0.6) is 0 Å². The van der Waals surface area contributed by atoms with Crippen LogP contribution in [0.15, 0.2) is 29.2 Å². The summed E-state index contributed by atoms with van der Waals surface area (Å²) in [5.41, 5.74) is 0.949. The number of aryl methyl sites for hydroxylation is 1. The molecule has 0 N–H and O–H groups in total. The summed E-state index contributed by atoms with van der Waals surface area (Å²) in [6.07, 6.45) is -1.61. The number of benzene rings is 1. The molecule has 1 aromatic rings. The van der Waals surface area contributed by atoms with E-state index in [0.717, 1.165) is 4.90 Å². The van der Waals surface area contributed by atoms with Crippen molar-refractivity contribution in [1.29, 1.82) is 0 Å². The van der Waals surface area contributed by atoms with Gasteiger partial charge in [0.2, 0.25) is 0 Å². The molecule has 5 nitrogen and oxygen atoms in total. The first-order valence-electron chi connectivity index (χ1n) is 8.29. The monoisotopic (exact) mass is 386 g/mol. The number of ether oxygens (including phenoxy) is 4. The predicted octanol–water partition coefficient (Wildman–Crippen LogP) is 3.50. The minimum Gasteiger partial charge on any atom is -0.456 e. The molecule has 5 atom stereocenters. The largest absolute Gasteiger partial charge is 0.456 e. The highest BCUT2D eigenvalue weighted by atomic mass is 35.5. The minimum atomic E-state index is -0.763. The highest BCUT2D eigenvalue weighted by Crippen LogP contribution is 2.43. The van der Waals surface area contributed by atoms with Crippen molar-refractivity contribution >= 4 is 29.3 Å². The van der Waals surface area contributed by atoms with Gasteiger partial charge in [-0.05, 0) is 39.8 Å². The van der Waals surface area contributed by atoms with Crippen molar-refractivity contribution in [3.8, 4) is 0 Å². The van der Waals surface area contributed by atoms with Gasteiger partial charge in [0, 0.05) is 4.90 Å². The number of fused-ring (bicyclic) bond motifs is 1. The Kier molecular flexibility index (Phi) is 5.66. The summed E-state index contributed by atoms with van der Waals surface area (Å²) in [4.78, 5) is 12.8. The third-order valence-electron chi connectivity index (χ3n) is 4.22. The average Bonchev–Trinajstić information content (AvgIpc) is 2.88. The van der Waals surface area contributed by atoms with Gasteiger partial charge >= 0.3 is 5.97 Å². The maximum atomic E-state index is 11.7. The van der Waals surface area contributed by atoms with Crippen molar-refractivity contribution in [3.05, 3.63) is 29.8 Å². The van der Waals surface area contributed by atoms with Crippen molar-refractivity contribution < 1.29 is 23.7 Å². The summed E-state index contributed by atoms with van der Waals surface area (Å²) in [7, 11) is 0. The number of hydrogen-bond acceptors (Lipinski definition) is 6. The fourth-order valence-corrected chi connectivity index (χ4v) is 4.31. The number of rotatable bonds is 4. The lowest BCUT2D eigenvalue weighted by atomic mass is 10.0. The number of halogens is 1. The van der Waals surface area contributed by atoms with Crippen LogP contribution in [0.1, 0.15) is 26.3 Å². The molecule has 0 spiro atoms. The Labute approximate surface area is 157 Å². The Morgan fingerprint density at radius 1 is 1.24 bits per heavy atom. The second kappa shape index (κ2) is 7.45. The first kappa shape index (κ1) is 19.0. The zero-order valence-electron chi connectivity index (χ0n) is 14.7. The zero-order chi connectivity index (χ0) is 18.2. The van der Waals surface area contributed by atoms with E-state index in [2.05, 4.69) is 31.2 Å². The van der Waals surface area contributed by atoms with Gasteiger partial charge in [-0.2, -0.15) is 0 Å². The first-order valence-corrected chi connectivity index (χ1v) is 9.70. The second-order valence-corrected chi connectivity index (χ2v) is 8.23. The average molecular weight is 387 g/mol. The van der Waals surface area contributed by atoms with Crippen LogP contribution in [-0.4, -0.2) is 47.5 Å². The summed E-state index contributed by atoms with van der Waals surface area (Å²) in [5, 5.41) is 0. The molecule has 2 aliphatic rings. The van der Waals surface area contributed by atoms with Gasteiger partial charge < -0.3 is 18.9 Å². The van der Waals surface area contributed by atoms with Gasteiger partial charge in [-0.15, -0.1) is 11.6 Å². The van der Waals surface area contributed by atoms with Gasteiger partial charge in [0.15, 0.2) is 11.9 Å². The quantitative estimate of drug-likeness (QED) is 0.583.